The Morgan fingerprint density at radius 2 is 0.438 bits per heavy atom. The molecule has 0 rings (SSSR count). The summed E-state index contributed by atoms with van der Waals surface area (Å²) < 4.78 is 68.9. The fourth-order valence-corrected chi connectivity index (χ4v) is 14.9. The molecule has 0 heterocycles. The van der Waals surface area contributed by atoms with E-state index < -0.39 is 97.5 Å². The van der Waals surface area contributed by atoms with Crippen LogP contribution in [-0.4, -0.2) is 96.7 Å². The maximum absolute atomic E-state index is 13.1. The van der Waals surface area contributed by atoms with Gasteiger partial charge in [-0.2, -0.15) is 0 Å². The van der Waals surface area contributed by atoms with E-state index in [1.807, 2.05) is 0 Å². The summed E-state index contributed by atoms with van der Waals surface area (Å²) in [6, 6.07) is 0. The second-order valence-corrected chi connectivity index (χ2v) is 35.3. The Balaban J connectivity index is 5.23. The van der Waals surface area contributed by atoms with E-state index in [4.69, 9.17) is 37.0 Å². The zero-order valence-corrected chi connectivity index (χ0v) is 71.0. The Bertz CT molecular complexity index is 2030. The highest BCUT2D eigenvalue weighted by molar-refractivity contribution is 7.47. The van der Waals surface area contributed by atoms with Gasteiger partial charge in [-0.1, -0.05) is 402 Å². The van der Waals surface area contributed by atoms with Crippen molar-refractivity contribution in [2.75, 3.05) is 39.6 Å². The predicted molar refractivity (Wildman–Crippen MR) is 432 cm³/mol. The zero-order chi connectivity index (χ0) is 77.2. The molecule has 105 heavy (non-hydrogen) atoms. The molecular weight excluding hydrogens is 1370 g/mol. The Labute approximate surface area is 645 Å². The van der Waals surface area contributed by atoms with Gasteiger partial charge in [0.2, 0.25) is 0 Å². The van der Waals surface area contributed by atoms with E-state index in [2.05, 4.69) is 48.5 Å². The zero-order valence-electron chi connectivity index (χ0n) is 69.2. The van der Waals surface area contributed by atoms with Crippen LogP contribution in [0.4, 0.5) is 0 Å². The molecule has 0 amide bonds. The lowest BCUT2D eigenvalue weighted by atomic mass is 10.0. The molecule has 0 aliphatic carbocycles. The van der Waals surface area contributed by atoms with Crippen LogP contribution in [0.2, 0.25) is 0 Å². The lowest BCUT2D eigenvalue weighted by Gasteiger charge is -2.21. The molecule has 0 aromatic heterocycles. The van der Waals surface area contributed by atoms with Crippen molar-refractivity contribution in [3.05, 3.63) is 0 Å². The molecule has 0 aliphatic heterocycles. The van der Waals surface area contributed by atoms with Gasteiger partial charge in [-0.25, -0.2) is 9.13 Å². The number of hydrogen-bond donors (Lipinski definition) is 3. The quantitative estimate of drug-likeness (QED) is 0.0222. The number of phosphoric acid groups is 2. The largest absolute Gasteiger partial charge is 0.472 e. The molecular formula is C86H168O17P2. The first-order valence-corrected chi connectivity index (χ1v) is 47.3. The summed E-state index contributed by atoms with van der Waals surface area (Å²) in [4.78, 5) is 73.2. The van der Waals surface area contributed by atoms with E-state index in [-0.39, 0.29) is 25.7 Å². The second kappa shape index (κ2) is 76.1. The van der Waals surface area contributed by atoms with E-state index in [0.717, 1.165) is 108 Å². The number of aliphatic hydroxyl groups excluding tert-OH is 1. The summed E-state index contributed by atoms with van der Waals surface area (Å²) in [7, 11) is -9.93. The van der Waals surface area contributed by atoms with Crippen LogP contribution in [0, 0.1) is 17.8 Å². The monoisotopic (exact) mass is 1540 g/mol. The van der Waals surface area contributed by atoms with E-state index in [0.29, 0.717) is 25.7 Å². The number of carbonyl (C=O) groups excluding carboxylic acids is 4. The van der Waals surface area contributed by atoms with Crippen LogP contribution in [0.15, 0.2) is 0 Å². The summed E-state index contributed by atoms with van der Waals surface area (Å²) in [6.45, 7) is 12.0. The minimum absolute atomic E-state index is 0.107. The van der Waals surface area contributed by atoms with Crippen LogP contribution in [-0.2, 0) is 65.4 Å². The third kappa shape index (κ3) is 79.9. The minimum atomic E-state index is -4.97. The molecule has 0 saturated carbocycles. The van der Waals surface area contributed by atoms with Crippen LogP contribution in [0.1, 0.15) is 453 Å². The summed E-state index contributed by atoms with van der Waals surface area (Å²) in [5.41, 5.74) is 0. The van der Waals surface area contributed by atoms with Gasteiger partial charge in [0.05, 0.1) is 26.4 Å². The Hall–Kier alpha value is -1.94. The van der Waals surface area contributed by atoms with Crippen molar-refractivity contribution in [1.29, 1.82) is 0 Å². The molecule has 17 nitrogen and oxygen atoms in total. The lowest BCUT2D eigenvalue weighted by Crippen LogP contribution is -2.30. The standard InChI is InChI=1S/C86H168O17P2/c1-8-9-10-11-12-13-39-46-53-60-67-83(88)96-73-81(102-86(91)70-63-56-49-42-35-29-23-26-32-38-45-52-59-66-79(6)7)75-100-104(92,93)98-71-80(87)72-99-105(94,95)101-76-82(74-97-84(89)68-61-54-47-40-33-27-22-18-20-25-31-37-44-51-58-65-78(4)5)103-85(90)69-62-55-48-41-34-28-21-17-15-14-16-19-24-30-36-43-50-57-64-77(2)3/h77-82,87H,8-76H2,1-7H3,(H,92,93)(H,94,95)/t80-,81+,82+/m0/s1. The van der Waals surface area contributed by atoms with Crippen molar-refractivity contribution >= 4 is 39.5 Å². The molecule has 5 atom stereocenters. The van der Waals surface area contributed by atoms with Crippen LogP contribution in [0.25, 0.3) is 0 Å². The number of esters is 4. The van der Waals surface area contributed by atoms with Crippen molar-refractivity contribution in [2.45, 2.75) is 471 Å². The molecule has 0 radical (unpaired) electrons. The van der Waals surface area contributed by atoms with Gasteiger partial charge in [-0.3, -0.25) is 37.3 Å². The number of hydrogen-bond acceptors (Lipinski definition) is 15. The first-order valence-electron chi connectivity index (χ1n) is 44.3. The smallest absolute Gasteiger partial charge is 0.462 e. The molecule has 0 bridgehead atoms. The number of aliphatic hydroxyl groups is 1. The van der Waals surface area contributed by atoms with Gasteiger partial charge >= 0.3 is 39.5 Å². The summed E-state index contributed by atoms with van der Waals surface area (Å²) >= 11 is 0. The molecule has 3 N–H and O–H groups in total. The van der Waals surface area contributed by atoms with E-state index in [1.165, 1.54) is 263 Å². The van der Waals surface area contributed by atoms with Crippen LogP contribution in [0.3, 0.4) is 0 Å². The number of phosphoric ester groups is 2. The van der Waals surface area contributed by atoms with Gasteiger partial charge in [-0.05, 0) is 43.4 Å². The first kappa shape index (κ1) is 103. The molecule has 0 aromatic rings. The van der Waals surface area contributed by atoms with E-state index in [9.17, 15) is 43.2 Å². The fourth-order valence-electron chi connectivity index (χ4n) is 13.4. The van der Waals surface area contributed by atoms with Crippen LogP contribution in [0.5, 0.6) is 0 Å². The minimum Gasteiger partial charge on any atom is -0.462 e. The number of rotatable bonds is 84. The molecule has 0 aliphatic rings. The maximum Gasteiger partial charge on any atom is 0.472 e. The first-order chi connectivity index (χ1) is 50.7. The number of carbonyl (C=O) groups is 4. The third-order valence-electron chi connectivity index (χ3n) is 20.1. The second-order valence-electron chi connectivity index (χ2n) is 32.4. The molecule has 0 saturated heterocycles. The van der Waals surface area contributed by atoms with Gasteiger partial charge in [0.1, 0.15) is 19.3 Å². The average molecular weight is 1540 g/mol. The third-order valence-corrected chi connectivity index (χ3v) is 22.0. The Kier molecular flexibility index (Phi) is 74.7. The van der Waals surface area contributed by atoms with E-state index in [1.54, 1.807) is 0 Å². The lowest BCUT2D eigenvalue weighted by molar-refractivity contribution is -0.161. The molecule has 0 fully saturated rings. The van der Waals surface area contributed by atoms with Gasteiger partial charge in [0.15, 0.2) is 12.2 Å². The van der Waals surface area contributed by atoms with Crippen molar-refractivity contribution in [1.82, 2.24) is 0 Å². The molecule has 0 spiro atoms. The molecule has 2 unspecified atom stereocenters. The number of ether oxygens (including phenoxy) is 4. The van der Waals surface area contributed by atoms with Crippen molar-refractivity contribution in [2.24, 2.45) is 17.8 Å². The molecule has 0 aromatic carbocycles. The summed E-state index contributed by atoms with van der Waals surface area (Å²) in [5, 5.41) is 10.7. The van der Waals surface area contributed by atoms with Crippen molar-refractivity contribution in [3.8, 4) is 0 Å². The Morgan fingerprint density at radius 1 is 0.257 bits per heavy atom. The Morgan fingerprint density at radius 3 is 0.648 bits per heavy atom. The highest BCUT2D eigenvalue weighted by Crippen LogP contribution is 2.45. The van der Waals surface area contributed by atoms with Crippen LogP contribution < -0.4 is 0 Å². The summed E-state index contributed by atoms with van der Waals surface area (Å²) in [5.74, 6) is 0.309. The van der Waals surface area contributed by atoms with Gasteiger partial charge in [-0.15, -0.1) is 0 Å². The molecule has 19 heteroatoms. The topological polar surface area (TPSA) is 237 Å². The van der Waals surface area contributed by atoms with Crippen molar-refractivity contribution in [3.63, 3.8) is 0 Å². The van der Waals surface area contributed by atoms with E-state index >= 15 is 0 Å². The molecule has 624 valence electrons. The van der Waals surface area contributed by atoms with Crippen molar-refractivity contribution < 1.29 is 80.2 Å². The van der Waals surface area contributed by atoms with Gasteiger partial charge < -0.3 is 33.8 Å². The predicted octanol–water partition coefficient (Wildman–Crippen LogP) is 26.1. The summed E-state index contributed by atoms with van der Waals surface area (Å²) in [6.07, 6.45) is 66.6. The highest BCUT2D eigenvalue weighted by Gasteiger charge is 2.30. The normalized spacial score (nSPS) is 13.9. The average Bonchev–Trinajstić information content (AvgIpc) is 0.907. The SMILES string of the molecule is CCCCCCCCCCCCC(=O)OC[C@H](COP(=O)(O)OC[C@H](O)COP(=O)(O)OC[C@@H](COC(=O)CCCCCCCCCCCCCCCCCC(C)C)OC(=O)CCCCCCCCCCCCCCCCCCCCC(C)C)OC(=O)CCCCCCCCCCCCCCCC(C)C. The number of unbranched alkanes of at least 4 members (excludes halogenated alkanes) is 52. The maximum atomic E-state index is 13.1. The fraction of sp³-hybridized carbons (Fsp3) is 0.953. The van der Waals surface area contributed by atoms with Crippen LogP contribution >= 0.6 is 15.6 Å². The van der Waals surface area contributed by atoms with Gasteiger partial charge in [0, 0.05) is 25.7 Å². The highest BCUT2D eigenvalue weighted by atomic mass is 31.2. The van der Waals surface area contributed by atoms with Gasteiger partial charge in [0.25, 0.3) is 0 Å².